The number of methoxy groups -OCH3 is 1. The van der Waals surface area contributed by atoms with E-state index in [1.807, 2.05) is 0 Å². The summed E-state index contributed by atoms with van der Waals surface area (Å²) in [4.78, 5) is 10.9. The van der Waals surface area contributed by atoms with E-state index in [2.05, 4.69) is 4.74 Å². The molecule has 0 radical (unpaired) electrons. The fourth-order valence-corrected chi connectivity index (χ4v) is 0.756. The summed E-state index contributed by atoms with van der Waals surface area (Å²) >= 11 is 0. The second kappa shape index (κ2) is 6.88. The van der Waals surface area contributed by atoms with Crippen molar-refractivity contribution in [2.24, 2.45) is 0 Å². The van der Waals surface area contributed by atoms with Crippen molar-refractivity contribution in [2.75, 3.05) is 7.11 Å². The zero-order valence-corrected chi connectivity index (χ0v) is 9.45. The van der Waals surface area contributed by atoms with E-state index in [4.69, 9.17) is 5.11 Å². The largest absolute Gasteiger partial charge is 1.00 e. The molecule has 0 fully saturated rings. The Balaban J connectivity index is 0. The number of esters is 1. The average molecular weight is 194 g/mol. The number of halogens is 1. The van der Waals surface area contributed by atoms with Crippen LogP contribution in [0.3, 0.4) is 0 Å². The molecule has 3 nitrogen and oxygen atoms in total. The summed E-state index contributed by atoms with van der Waals surface area (Å²) in [7, 11) is 1.27. The molecular weight excluding hydrogens is 186 g/mol. The van der Waals surface area contributed by atoms with E-state index in [-0.39, 0.29) is 45.6 Å². The van der Waals surface area contributed by atoms with E-state index in [1.54, 1.807) is 12.1 Å². The molecule has 1 aromatic carbocycles. The summed E-state index contributed by atoms with van der Waals surface area (Å²) in [6, 6.07) is 6.24. The molecule has 0 saturated heterocycles. The van der Waals surface area contributed by atoms with E-state index >= 15 is 0 Å². The van der Waals surface area contributed by atoms with Gasteiger partial charge in [-0.2, -0.15) is 0 Å². The smallest absolute Gasteiger partial charge is 1.00 e. The van der Waals surface area contributed by atoms with Gasteiger partial charge in [-0.15, -0.1) is 0 Å². The minimum absolute atomic E-state index is 0. The molecule has 0 heterocycles. The Morgan fingerprint density at radius 3 is 2.38 bits per heavy atom. The zero-order valence-electron chi connectivity index (χ0n) is 7.45. The number of benzene rings is 1. The van der Waals surface area contributed by atoms with Gasteiger partial charge in [-0.3, -0.25) is 0 Å². The Bertz CT molecular complexity index is 278. The number of hydrogen-bond donors (Lipinski definition) is 1. The first-order chi connectivity index (χ1) is 5.25. The summed E-state index contributed by atoms with van der Waals surface area (Å²) in [5.41, 5.74) is 0.190. The maximum Gasteiger partial charge on any atom is 1.00 e. The van der Waals surface area contributed by atoms with Gasteiger partial charge >= 0.3 is 35.5 Å². The first-order valence-corrected chi connectivity index (χ1v) is 3.12. The van der Waals surface area contributed by atoms with Gasteiger partial charge in [-0.25, -0.2) is 4.79 Å². The molecule has 0 aliphatic heterocycles. The van der Waals surface area contributed by atoms with Crippen LogP contribution in [-0.4, -0.2) is 18.2 Å². The number of para-hydroxylation sites is 1. The molecule has 0 aliphatic rings. The normalized spacial score (nSPS) is 7.77. The van der Waals surface area contributed by atoms with Gasteiger partial charge in [0.25, 0.3) is 0 Å². The van der Waals surface area contributed by atoms with Crippen molar-refractivity contribution < 1.29 is 48.9 Å². The maximum atomic E-state index is 10.9. The van der Waals surface area contributed by atoms with Gasteiger partial charge < -0.3 is 14.5 Å². The predicted octanol–water partition coefficient (Wildman–Crippen LogP) is -4.81. The molecule has 0 aromatic heterocycles. The number of carbonyl (C=O) groups is 1. The van der Waals surface area contributed by atoms with Gasteiger partial charge in [0.2, 0.25) is 0 Å². The monoisotopic (exact) mass is 194 g/mol. The standard InChI is InChI=1S/C8H8O3.FH.Na/c1-11-8(10)6-4-2-3-5-7(6)9;;/h2-5,9H,1H3;1H;/q;;+1/p-1. The molecular formula is C8H8FNaO3. The second-order valence-corrected chi connectivity index (χ2v) is 2.01. The SMILES string of the molecule is COC(=O)c1ccccc1O.[F-].[Na+]. The number of carbonyl (C=O) groups excluding carboxylic acids is 1. The third-order valence-electron chi connectivity index (χ3n) is 1.31. The van der Waals surface area contributed by atoms with Crippen LogP contribution in [0.5, 0.6) is 5.75 Å². The van der Waals surface area contributed by atoms with Crippen LogP contribution in [0, 0.1) is 0 Å². The molecule has 0 bridgehead atoms. The summed E-state index contributed by atoms with van der Waals surface area (Å²) in [5, 5.41) is 9.11. The Morgan fingerprint density at radius 1 is 1.38 bits per heavy atom. The summed E-state index contributed by atoms with van der Waals surface area (Å²) < 4.78 is 4.42. The Kier molecular flexibility index (Phi) is 7.90. The van der Waals surface area contributed by atoms with Crippen LogP contribution >= 0.6 is 0 Å². The van der Waals surface area contributed by atoms with Gasteiger partial charge in [0.1, 0.15) is 11.3 Å². The van der Waals surface area contributed by atoms with Crippen LogP contribution in [-0.2, 0) is 4.74 Å². The molecule has 0 amide bonds. The summed E-state index contributed by atoms with van der Waals surface area (Å²) in [6.45, 7) is 0. The van der Waals surface area contributed by atoms with E-state index in [9.17, 15) is 4.79 Å². The van der Waals surface area contributed by atoms with Gasteiger partial charge in [-0.05, 0) is 12.1 Å². The van der Waals surface area contributed by atoms with E-state index in [0.717, 1.165) is 0 Å². The zero-order chi connectivity index (χ0) is 8.27. The third kappa shape index (κ3) is 3.76. The molecule has 0 spiro atoms. The molecule has 0 saturated carbocycles. The van der Waals surface area contributed by atoms with Crippen molar-refractivity contribution in [1.82, 2.24) is 0 Å². The Labute approximate surface area is 97.4 Å². The molecule has 1 rings (SSSR count). The van der Waals surface area contributed by atoms with E-state index in [1.165, 1.54) is 19.2 Å². The first-order valence-electron chi connectivity index (χ1n) is 3.12. The topological polar surface area (TPSA) is 46.5 Å². The van der Waals surface area contributed by atoms with E-state index < -0.39 is 5.97 Å². The number of phenolic OH excluding ortho intramolecular Hbond substituents is 1. The third-order valence-corrected chi connectivity index (χ3v) is 1.31. The molecule has 1 aromatic rings. The Hall–Kier alpha value is -0.580. The fourth-order valence-electron chi connectivity index (χ4n) is 0.756. The molecule has 66 valence electrons. The predicted molar refractivity (Wildman–Crippen MR) is 39.4 cm³/mol. The van der Waals surface area contributed by atoms with Crippen LogP contribution in [0.2, 0.25) is 0 Å². The quantitative estimate of drug-likeness (QED) is 0.360. The minimum atomic E-state index is -0.525. The minimum Gasteiger partial charge on any atom is -1.00 e. The first kappa shape index (κ1) is 14.9. The summed E-state index contributed by atoms with van der Waals surface area (Å²) in [5.74, 6) is -0.581. The van der Waals surface area contributed by atoms with E-state index in [0.29, 0.717) is 0 Å². The van der Waals surface area contributed by atoms with Crippen molar-refractivity contribution in [3.8, 4) is 5.75 Å². The average Bonchev–Trinajstić information content (AvgIpc) is 2.04. The van der Waals surface area contributed by atoms with Crippen LogP contribution < -0.4 is 34.3 Å². The molecule has 1 N–H and O–H groups in total. The van der Waals surface area contributed by atoms with Crippen molar-refractivity contribution in [3.63, 3.8) is 0 Å². The molecule has 0 unspecified atom stereocenters. The number of aromatic hydroxyl groups is 1. The Morgan fingerprint density at radius 2 is 1.92 bits per heavy atom. The van der Waals surface area contributed by atoms with Crippen LogP contribution in [0.4, 0.5) is 0 Å². The van der Waals surface area contributed by atoms with Crippen molar-refractivity contribution in [3.05, 3.63) is 29.8 Å². The second-order valence-electron chi connectivity index (χ2n) is 2.01. The van der Waals surface area contributed by atoms with Crippen molar-refractivity contribution >= 4 is 5.97 Å². The van der Waals surface area contributed by atoms with Crippen molar-refractivity contribution in [1.29, 1.82) is 0 Å². The molecule has 0 aliphatic carbocycles. The molecule has 13 heavy (non-hydrogen) atoms. The van der Waals surface area contributed by atoms with Gasteiger partial charge in [0, 0.05) is 0 Å². The number of rotatable bonds is 1. The summed E-state index contributed by atoms with van der Waals surface area (Å²) in [6.07, 6.45) is 0. The molecule has 0 atom stereocenters. The number of hydrogen-bond acceptors (Lipinski definition) is 3. The van der Waals surface area contributed by atoms with Gasteiger partial charge in [0.05, 0.1) is 7.11 Å². The van der Waals surface area contributed by atoms with Crippen LogP contribution in [0.25, 0.3) is 0 Å². The van der Waals surface area contributed by atoms with Crippen LogP contribution in [0.15, 0.2) is 24.3 Å². The molecule has 5 heteroatoms. The van der Waals surface area contributed by atoms with Gasteiger partial charge in [-0.1, -0.05) is 12.1 Å². The number of ether oxygens (including phenoxy) is 1. The number of phenols is 1. The van der Waals surface area contributed by atoms with Gasteiger partial charge in [0.15, 0.2) is 0 Å². The van der Waals surface area contributed by atoms with Crippen LogP contribution in [0.1, 0.15) is 10.4 Å². The fraction of sp³-hybridized carbons (Fsp3) is 0.125. The maximum absolute atomic E-state index is 10.9. The van der Waals surface area contributed by atoms with Crippen molar-refractivity contribution in [2.45, 2.75) is 0 Å².